The molecule has 3 rings (SSSR count). The van der Waals surface area contributed by atoms with Crippen LogP contribution in [0.15, 0.2) is 22.7 Å². The van der Waals surface area contributed by atoms with Gasteiger partial charge in [-0.25, -0.2) is 0 Å². The molecule has 0 saturated carbocycles. The average molecular weight is 304 g/mol. The Hall–Kier alpha value is -2.12. The smallest absolute Gasteiger partial charge is 0.261 e. The van der Waals surface area contributed by atoms with Gasteiger partial charge in [-0.2, -0.15) is 4.98 Å². The SMILES string of the molecule is COc1cccc(-c2nc(C3CNCCN3C)no2)c1OC. The molecule has 1 aromatic heterocycles. The van der Waals surface area contributed by atoms with Gasteiger partial charge < -0.3 is 19.3 Å². The number of para-hydroxylation sites is 1. The van der Waals surface area contributed by atoms with E-state index < -0.39 is 0 Å². The van der Waals surface area contributed by atoms with E-state index in [0.29, 0.717) is 23.2 Å². The Kier molecular flexibility index (Phi) is 4.26. The van der Waals surface area contributed by atoms with Crippen LogP contribution in [0.2, 0.25) is 0 Å². The first-order chi connectivity index (χ1) is 10.7. The molecule has 7 heteroatoms. The van der Waals surface area contributed by atoms with Crippen LogP contribution in [-0.4, -0.2) is 55.9 Å². The summed E-state index contributed by atoms with van der Waals surface area (Å²) < 4.78 is 16.2. The van der Waals surface area contributed by atoms with Crippen LogP contribution in [0, 0.1) is 0 Å². The summed E-state index contributed by atoms with van der Waals surface area (Å²) in [6.45, 7) is 2.74. The van der Waals surface area contributed by atoms with Crippen molar-refractivity contribution in [1.29, 1.82) is 0 Å². The fourth-order valence-electron chi connectivity index (χ4n) is 2.63. The van der Waals surface area contributed by atoms with Crippen molar-refractivity contribution >= 4 is 0 Å². The Labute approximate surface area is 129 Å². The van der Waals surface area contributed by atoms with Gasteiger partial charge in [0.25, 0.3) is 5.89 Å². The molecule has 1 saturated heterocycles. The number of piperazine rings is 1. The Morgan fingerprint density at radius 1 is 1.32 bits per heavy atom. The molecular weight excluding hydrogens is 284 g/mol. The number of benzene rings is 1. The molecule has 1 atom stereocenters. The van der Waals surface area contributed by atoms with E-state index in [-0.39, 0.29) is 6.04 Å². The molecular formula is C15H20N4O3. The van der Waals surface area contributed by atoms with Crippen molar-refractivity contribution < 1.29 is 14.0 Å². The van der Waals surface area contributed by atoms with Crippen LogP contribution in [0.1, 0.15) is 11.9 Å². The second-order valence-electron chi connectivity index (χ2n) is 5.20. The predicted octanol–water partition coefficient (Wildman–Crippen LogP) is 1.33. The molecule has 1 fully saturated rings. The molecule has 1 unspecified atom stereocenters. The number of likely N-dealkylation sites (N-methyl/N-ethyl adjacent to an activating group) is 1. The van der Waals surface area contributed by atoms with Crippen LogP contribution in [0.25, 0.3) is 11.5 Å². The summed E-state index contributed by atoms with van der Waals surface area (Å²) in [5.74, 6) is 2.34. The molecule has 1 N–H and O–H groups in total. The molecule has 22 heavy (non-hydrogen) atoms. The Balaban J connectivity index is 1.94. The van der Waals surface area contributed by atoms with E-state index in [2.05, 4.69) is 27.4 Å². The van der Waals surface area contributed by atoms with Crippen LogP contribution in [0.4, 0.5) is 0 Å². The van der Waals surface area contributed by atoms with Gasteiger partial charge in [-0.15, -0.1) is 0 Å². The van der Waals surface area contributed by atoms with Crippen LogP contribution in [0.3, 0.4) is 0 Å². The van der Waals surface area contributed by atoms with Gasteiger partial charge in [0.1, 0.15) is 0 Å². The minimum atomic E-state index is 0.114. The van der Waals surface area contributed by atoms with E-state index in [1.807, 2.05) is 18.2 Å². The minimum Gasteiger partial charge on any atom is -0.493 e. The van der Waals surface area contributed by atoms with E-state index in [9.17, 15) is 0 Å². The summed E-state index contributed by atoms with van der Waals surface area (Å²) in [6, 6.07) is 5.69. The van der Waals surface area contributed by atoms with Gasteiger partial charge in [0.05, 0.1) is 25.8 Å². The predicted molar refractivity (Wildman–Crippen MR) is 81.1 cm³/mol. The lowest BCUT2D eigenvalue weighted by molar-refractivity contribution is 0.190. The van der Waals surface area contributed by atoms with E-state index in [1.54, 1.807) is 14.2 Å². The molecule has 118 valence electrons. The van der Waals surface area contributed by atoms with Crippen LogP contribution in [-0.2, 0) is 0 Å². The molecule has 1 aromatic carbocycles. The van der Waals surface area contributed by atoms with E-state index in [4.69, 9.17) is 14.0 Å². The summed E-state index contributed by atoms with van der Waals surface area (Å²) in [4.78, 5) is 6.76. The molecule has 1 aliphatic rings. The van der Waals surface area contributed by atoms with Crippen LogP contribution >= 0.6 is 0 Å². The summed E-state index contributed by atoms with van der Waals surface area (Å²) >= 11 is 0. The van der Waals surface area contributed by atoms with Crippen molar-refractivity contribution in [3.05, 3.63) is 24.0 Å². The molecule has 0 spiro atoms. The number of methoxy groups -OCH3 is 2. The van der Waals surface area contributed by atoms with E-state index in [0.717, 1.165) is 25.2 Å². The summed E-state index contributed by atoms with van der Waals surface area (Å²) in [7, 11) is 5.26. The summed E-state index contributed by atoms with van der Waals surface area (Å²) in [5.41, 5.74) is 0.729. The van der Waals surface area contributed by atoms with Gasteiger partial charge in [-0.05, 0) is 19.2 Å². The molecule has 0 amide bonds. The van der Waals surface area contributed by atoms with Gasteiger partial charge in [0.15, 0.2) is 17.3 Å². The van der Waals surface area contributed by atoms with Crippen molar-refractivity contribution in [3.8, 4) is 23.0 Å². The van der Waals surface area contributed by atoms with Gasteiger partial charge in [-0.3, -0.25) is 4.90 Å². The number of nitrogens with zero attached hydrogens (tertiary/aromatic N) is 3. The lowest BCUT2D eigenvalue weighted by Crippen LogP contribution is -2.44. The van der Waals surface area contributed by atoms with Gasteiger partial charge in [-0.1, -0.05) is 11.2 Å². The molecule has 1 aliphatic heterocycles. The number of hydrogen-bond acceptors (Lipinski definition) is 7. The lowest BCUT2D eigenvalue weighted by Gasteiger charge is -2.30. The quantitative estimate of drug-likeness (QED) is 0.913. The first-order valence-electron chi connectivity index (χ1n) is 7.20. The topological polar surface area (TPSA) is 72.7 Å². The normalized spacial score (nSPS) is 19.1. The first kappa shape index (κ1) is 14.8. The molecule has 2 aromatic rings. The zero-order valence-corrected chi connectivity index (χ0v) is 13.0. The third-order valence-corrected chi connectivity index (χ3v) is 3.88. The van der Waals surface area contributed by atoms with E-state index in [1.165, 1.54) is 0 Å². The molecule has 0 radical (unpaired) electrons. The van der Waals surface area contributed by atoms with E-state index >= 15 is 0 Å². The lowest BCUT2D eigenvalue weighted by atomic mass is 10.1. The van der Waals surface area contributed by atoms with Crippen molar-refractivity contribution in [2.45, 2.75) is 6.04 Å². The first-order valence-corrected chi connectivity index (χ1v) is 7.20. The molecule has 2 heterocycles. The molecule has 7 nitrogen and oxygen atoms in total. The number of nitrogens with one attached hydrogen (secondary N) is 1. The fourth-order valence-corrected chi connectivity index (χ4v) is 2.63. The fraction of sp³-hybridized carbons (Fsp3) is 0.467. The summed E-state index contributed by atoms with van der Waals surface area (Å²) in [5, 5.41) is 7.48. The van der Waals surface area contributed by atoms with Gasteiger partial charge >= 0.3 is 0 Å². The number of hydrogen-bond donors (Lipinski definition) is 1. The molecule has 0 aliphatic carbocycles. The summed E-state index contributed by atoms with van der Waals surface area (Å²) in [6.07, 6.45) is 0. The maximum absolute atomic E-state index is 5.44. The molecule has 0 bridgehead atoms. The van der Waals surface area contributed by atoms with Crippen molar-refractivity contribution in [2.24, 2.45) is 0 Å². The highest BCUT2D eigenvalue weighted by molar-refractivity contribution is 5.67. The van der Waals surface area contributed by atoms with Crippen LogP contribution in [0.5, 0.6) is 11.5 Å². The Morgan fingerprint density at radius 2 is 2.18 bits per heavy atom. The highest BCUT2D eigenvalue weighted by Crippen LogP contribution is 2.37. The van der Waals surface area contributed by atoms with Gasteiger partial charge in [0.2, 0.25) is 0 Å². The largest absolute Gasteiger partial charge is 0.493 e. The second-order valence-corrected chi connectivity index (χ2v) is 5.20. The standard InChI is InChI=1S/C15H20N4O3/c1-19-8-7-16-9-11(19)14-17-15(22-18-14)10-5-4-6-12(20-2)13(10)21-3/h4-6,11,16H,7-9H2,1-3H3. The van der Waals surface area contributed by atoms with Gasteiger partial charge in [0, 0.05) is 19.6 Å². The maximum Gasteiger partial charge on any atom is 0.261 e. The zero-order chi connectivity index (χ0) is 15.5. The number of rotatable bonds is 4. The highest BCUT2D eigenvalue weighted by atomic mass is 16.5. The Bertz CT molecular complexity index is 643. The van der Waals surface area contributed by atoms with Crippen molar-refractivity contribution in [3.63, 3.8) is 0 Å². The zero-order valence-electron chi connectivity index (χ0n) is 13.0. The monoisotopic (exact) mass is 304 g/mol. The number of ether oxygens (including phenoxy) is 2. The maximum atomic E-state index is 5.44. The van der Waals surface area contributed by atoms with Crippen molar-refractivity contribution in [1.82, 2.24) is 20.4 Å². The minimum absolute atomic E-state index is 0.114. The second kappa shape index (κ2) is 6.33. The third-order valence-electron chi connectivity index (χ3n) is 3.88. The number of aromatic nitrogens is 2. The third kappa shape index (κ3) is 2.65. The highest BCUT2D eigenvalue weighted by Gasteiger charge is 2.26. The average Bonchev–Trinajstić information content (AvgIpc) is 3.04. The Morgan fingerprint density at radius 3 is 2.91 bits per heavy atom. The van der Waals surface area contributed by atoms with Crippen LogP contribution < -0.4 is 14.8 Å². The van der Waals surface area contributed by atoms with Crippen molar-refractivity contribution in [2.75, 3.05) is 40.9 Å².